The van der Waals surface area contributed by atoms with Crippen LogP contribution < -0.4 is 0 Å². The van der Waals surface area contributed by atoms with Crippen molar-refractivity contribution in [3.05, 3.63) is 29.8 Å². The largest absolute Gasteiger partial charge is 0.340 e. The van der Waals surface area contributed by atoms with Gasteiger partial charge in [-0.15, -0.1) is 11.8 Å². The molecule has 5 heteroatoms. The summed E-state index contributed by atoms with van der Waals surface area (Å²) >= 11 is 1.49. The highest BCUT2D eigenvalue weighted by Crippen LogP contribution is 2.25. The molecule has 0 radical (unpaired) electrons. The third-order valence-corrected chi connectivity index (χ3v) is 4.42. The van der Waals surface area contributed by atoms with Crippen molar-refractivity contribution in [3.63, 3.8) is 0 Å². The van der Waals surface area contributed by atoms with Crippen LogP contribution in [-0.4, -0.2) is 29.6 Å². The van der Waals surface area contributed by atoms with Crippen LogP contribution in [0.15, 0.2) is 29.2 Å². The van der Waals surface area contributed by atoms with E-state index in [0.29, 0.717) is 31.7 Å². The predicted octanol–water partition coefficient (Wildman–Crippen LogP) is 3.73. The fourth-order valence-corrected chi connectivity index (χ4v) is 2.82. The third-order valence-electron chi connectivity index (χ3n) is 3.42. The van der Waals surface area contributed by atoms with E-state index in [1.807, 2.05) is 24.3 Å². The van der Waals surface area contributed by atoms with E-state index in [-0.39, 0.29) is 11.3 Å². The van der Waals surface area contributed by atoms with Gasteiger partial charge in [0.05, 0.1) is 30.7 Å². The second-order valence-electron chi connectivity index (χ2n) is 6.26. The van der Waals surface area contributed by atoms with Gasteiger partial charge in [0.15, 0.2) is 0 Å². The van der Waals surface area contributed by atoms with Crippen molar-refractivity contribution < 1.29 is 4.79 Å². The first-order valence-corrected chi connectivity index (χ1v) is 8.62. The maximum absolute atomic E-state index is 12.2. The van der Waals surface area contributed by atoms with Crippen molar-refractivity contribution in [2.24, 2.45) is 0 Å². The summed E-state index contributed by atoms with van der Waals surface area (Å²) in [5.41, 5.74) is 1.38. The maximum Gasteiger partial charge on any atom is 0.232 e. The van der Waals surface area contributed by atoms with Gasteiger partial charge in [-0.2, -0.15) is 10.5 Å². The first-order chi connectivity index (χ1) is 10.9. The number of amides is 1. The molecule has 0 fully saturated rings. The Bertz CT molecular complexity index is 573. The van der Waals surface area contributed by atoms with Crippen LogP contribution in [0.3, 0.4) is 0 Å². The van der Waals surface area contributed by atoms with E-state index in [2.05, 4.69) is 32.9 Å². The fourth-order valence-electron chi connectivity index (χ4n) is 2.02. The Morgan fingerprint density at radius 2 is 1.61 bits per heavy atom. The number of carbonyl (C=O) groups excluding carboxylic acids is 1. The Morgan fingerprint density at radius 3 is 2.04 bits per heavy atom. The first kappa shape index (κ1) is 19.1. The van der Waals surface area contributed by atoms with Gasteiger partial charge in [0, 0.05) is 18.0 Å². The van der Waals surface area contributed by atoms with Crippen LogP contribution in [0.2, 0.25) is 0 Å². The molecular formula is C18H23N3OS. The van der Waals surface area contributed by atoms with Crippen molar-refractivity contribution in [1.82, 2.24) is 4.90 Å². The Morgan fingerprint density at radius 1 is 1.09 bits per heavy atom. The maximum atomic E-state index is 12.2. The van der Waals surface area contributed by atoms with Crippen LogP contribution in [0.5, 0.6) is 0 Å². The number of thioether (sulfide) groups is 1. The number of benzene rings is 1. The Hall–Kier alpha value is -1.98. The normalized spacial score (nSPS) is 10.7. The van der Waals surface area contributed by atoms with E-state index < -0.39 is 0 Å². The first-order valence-electron chi connectivity index (χ1n) is 7.63. The van der Waals surface area contributed by atoms with Crippen molar-refractivity contribution >= 4 is 17.7 Å². The molecule has 1 aromatic carbocycles. The highest BCUT2D eigenvalue weighted by Gasteiger charge is 2.15. The molecular weight excluding hydrogens is 306 g/mol. The molecule has 0 bridgehead atoms. The van der Waals surface area contributed by atoms with Gasteiger partial charge in [-0.3, -0.25) is 4.79 Å². The molecule has 0 atom stereocenters. The van der Waals surface area contributed by atoms with Crippen molar-refractivity contribution in [3.8, 4) is 12.1 Å². The molecule has 1 aromatic rings. The zero-order chi connectivity index (χ0) is 17.3. The number of carbonyl (C=O) groups is 1. The molecule has 0 aliphatic carbocycles. The van der Waals surface area contributed by atoms with Crippen LogP contribution >= 0.6 is 11.8 Å². The predicted molar refractivity (Wildman–Crippen MR) is 92.9 cm³/mol. The van der Waals surface area contributed by atoms with Gasteiger partial charge < -0.3 is 4.90 Å². The number of hydrogen-bond donors (Lipinski definition) is 0. The summed E-state index contributed by atoms with van der Waals surface area (Å²) in [6.45, 7) is 7.28. The van der Waals surface area contributed by atoms with Crippen molar-refractivity contribution in [1.29, 1.82) is 10.5 Å². The van der Waals surface area contributed by atoms with E-state index in [9.17, 15) is 4.79 Å². The van der Waals surface area contributed by atoms with Crippen LogP contribution in [0.4, 0.5) is 0 Å². The summed E-state index contributed by atoms with van der Waals surface area (Å²) in [4.78, 5) is 14.9. The van der Waals surface area contributed by atoms with E-state index in [1.54, 1.807) is 4.90 Å². The van der Waals surface area contributed by atoms with Gasteiger partial charge in [-0.25, -0.2) is 0 Å². The minimum atomic E-state index is -0.0274. The van der Waals surface area contributed by atoms with Crippen molar-refractivity contribution in [2.75, 3.05) is 18.8 Å². The van der Waals surface area contributed by atoms with Gasteiger partial charge in [0.1, 0.15) is 0 Å². The van der Waals surface area contributed by atoms with Crippen LogP contribution in [-0.2, 0) is 10.2 Å². The topological polar surface area (TPSA) is 67.9 Å². The summed E-state index contributed by atoms with van der Waals surface area (Å²) in [7, 11) is 0. The quantitative estimate of drug-likeness (QED) is 0.715. The lowest BCUT2D eigenvalue weighted by Gasteiger charge is -2.21. The van der Waals surface area contributed by atoms with E-state index >= 15 is 0 Å². The molecule has 0 aliphatic rings. The summed E-state index contributed by atoms with van der Waals surface area (Å²) in [5.74, 6) is 0.298. The van der Waals surface area contributed by atoms with Crippen LogP contribution in [0, 0.1) is 22.7 Å². The van der Waals surface area contributed by atoms with Crippen LogP contribution in [0.1, 0.15) is 39.2 Å². The number of nitrogens with zero attached hydrogens (tertiary/aromatic N) is 3. The Kier molecular flexibility index (Phi) is 7.65. The van der Waals surface area contributed by atoms with Gasteiger partial charge in [-0.05, 0) is 23.1 Å². The number of rotatable bonds is 7. The van der Waals surface area contributed by atoms with Gasteiger partial charge >= 0.3 is 0 Å². The summed E-state index contributed by atoms with van der Waals surface area (Å²) in [5, 5.41) is 17.3. The van der Waals surface area contributed by atoms with E-state index in [4.69, 9.17) is 10.5 Å². The molecule has 0 heterocycles. The lowest BCUT2D eigenvalue weighted by Crippen LogP contribution is -2.34. The number of nitriles is 2. The summed E-state index contributed by atoms with van der Waals surface area (Å²) < 4.78 is 0. The van der Waals surface area contributed by atoms with E-state index in [1.165, 1.54) is 17.3 Å². The zero-order valence-corrected chi connectivity index (χ0v) is 14.8. The van der Waals surface area contributed by atoms with Crippen LogP contribution in [0.25, 0.3) is 0 Å². The summed E-state index contributed by atoms with van der Waals surface area (Å²) in [6.07, 6.45) is 0.588. The van der Waals surface area contributed by atoms with Crippen molar-refractivity contribution in [2.45, 2.75) is 43.9 Å². The molecule has 0 spiro atoms. The monoisotopic (exact) mass is 329 g/mol. The minimum absolute atomic E-state index is 0.0274. The number of hydrogen-bond acceptors (Lipinski definition) is 4. The molecule has 0 saturated heterocycles. The molecule has 0 saturated carbocycles. The molecule has 1 rings (SSSR count). The molecule has 23 heavy (non-hydrogen) atoms. The molecule has 0 N–H and O–H groups in total. The SMILES string of the molecule is CC(C)(C)c1ccc(SCC(=O)N(CCC#N)CCC#N)cc1. The molecule has 4 nitrogen and oxygen atoms in total. The average Bonchev–Trinajstić information content (AvgIpc) is 2.52. The van der Waals surface area contributed by atoms with Gasteiger partial charge in [0.2, 0.25) is 5.91 Å². The average molecular weight is 329 g/mol. The fraction of sp³-hybridized carbons (Fsp3) is 0.500. The highest BCUT2D eigenvalue weighted by molar-refractivity contribution is 8.00. The van der Waals surface area contributed by atoms with E-state index in [0.717, 1.165) is 4.90 Å². The summed E-state index contributed by atoms with van der Waals surface area (Å²) in [6, 6.07) is 12.3. The standard InChI is InChI=1S/C18H23N3OS/c1-18(2,3)15-6-8-16(9-7-15)23-14-17(22)21(12-4-10-19)13-5-11-20/h6-9H,4-5,12-14H2,1-3H3. The minimum Gasteiger partial charge on any atom is -0.340 e. The lowest BCUT2D eigenvalue weighted by molar-refractivity contribution is -0.128. The molecule has 0 aliphatic heterocycles. The second kappa shape index (κ2) is 9.22. The molecule has 122 valence electrons. The Labute approximate surface area is 143 Å². The second-order valence-corrected chi connectivity index (χ2v) is 7.31. The Balaban J connectivity index is 2.59. The van der Waals surface area contributed by atoms with Gasteiger partial charge in [0.25, 0.3) is 0 Å². The third kappa shape index (κ3) is 6.76. The highest BCUT2D eigenvalue weighted by atomic mass is 32.2. The molecule has 0 unspecified atom stereocenters. The smallest absolute Gasteiger partial charge is 0.232 e. The molecule has 1 amide bonds. The lowest BCUT2D eigenvalue weighted by atomic mass is 9.87. The molecule has 0 aromatic heterocycles. The van der Waals surface area contributed by atoms with Gasteiger partial charge in [-0.1, -0.05) is 32.9 Å². The zero-order valence-electron chi connectivity index (χ0n) is 14.0.